The van der Waals surface area contributed by atoms with Gasteiger partial charge in [0.05, 0.1) is 5.54 Å². The normalized spacial score (nSPS) is 27.4. The van der Waals surface area contributed by atoms with Crippen LogP contribution in [0.15, 0.2) is 5.16 Å². The van der Waals surface area contributed by atoms with Crippen molar-refractivity contribution in [1.82, 2.24) is 25.5 Å². The maximum Gasteiger partial charge on any atom is 0.237 e. The highest BCUT2D eigenvalue weighted by Gasteiger charge is 2.41. The molecule has 2 atom stereocenters. The van der Waals surface area contributed by atoms with Crippen LogP contribution in [0.4, 0.5) is 0 Å². The molecule has 0 spiro atoms. The van der Waals surface area contributed by atoms with E-state index in [0.717, 1.165) is 37.4 Å². The number of nitrogens with one attached hydrogen (secondary N) is 1. The zero-order valence-electron chi connectivity index (χ0n) is 11.3. The second-order valence-corrected chi connectivity index (χ2v) is 6.17. The summed E-state index contributed by atoms with van der Waals surface area (Å²) in [6.07, 6.45) is 3.58. The van der Waals surface area contributed by atoms with Gasteiger partial charge in [0.25, 0.3) is 0 Å². The van der Waals surface area contributed by atoms with Gasteiger partial charge in [-0.15, -0.1) is 5.10 Å². The van der Waals surface area contributed by atoms with E-state index in [1.54, 1.807) is 16.4 Å². The van der Waals surface area contributed by atoms with Gasteiger partial charge in [0, 0.05) is 12.3 Å². The highest BCUT2D eigenvalue weighted by Crippen LogP contribution is 2.37. The highest BCUT2D eigenvalue weighted by molar-refractivity contribution is 7.99. The Morgan fingerprint density at radius 3 is 3.05 bits per heavy atom. The predicted octanol–water partition coefficient (Wildman–Crippen LogP) is 0.0784. The van der Waals surface area contributed by atoms with Crippen LogP contribution in [-0.4, -0.2) is 43.4 Å². The van der Waals surface area contributed by atoms with Crippen molar-refractivity contribution in [2.24, 2.45) is 12.8 Å². The molecule has 2 unspecified atom stereocenters. The first kappa shape index (κ1) is 14.3. The van der Waals surface area contributed by atoms with E-state index in [9.17, 15) is 4.79 Å². The third kappa shape index (κ3) is 3.06. The smallest absolute Gasteiger partial charge is 0.237 e. The van der Waals surface area contributed by atoms with Crippen LogP contribution >= 0.6 is 11.8 Å². The second kappa shape index (κ2) is 5.87. The number of primary amides is 1. The lowest BCUT2D eigenvalue weighted by atomic mass is 9.80. The number of nitrogens with two attached hydrogens (primary N) is 1. The lowest BCUT2D eigenvalue weighted by Gasteiger charge is -2.38. The minimum atomic E-state index is -0.573. The minimum absolute atomic E-state index is 0.254. The fourth-order valence-electron chi connectivity index (χ4n) is 2.60. The van der Waals surface area contributed by atoms with Gasteiger partial charge in [0.1, 0.15) is 0 Å². The lowest BCUT2D eigenvalue weighted by Crippen LogP contribution is -2.58. The number of tetrazole rings is 1. The van der Waals surface area contributed by atoms with Gasteiger partial charge in [0.2, 0.25) is 11.1 Å². The van der Waals surface area contributed by atoms with Crippen LogP contribution < -0.4 is 11.1 Å². The Morgan fingerprint density at radius 2 is 2.47 bits per heavy atom. The maximum atomic E-state index is 11.8. The van der Waals surface area contributed by atoms with Gasteiger partial charge in [-0.2, -0.15) is 0 Å². The number of amides is 1. The monoisotopic (exact) mass is 284 g/mol. The van der Waals surface area contributed by atoms with Gasteiger partial charge < -0.3 is 11.1 Å². The van der Waals surface area contributed by atoms with Crippen LogP contribution in [0.25, 0.3) is 0 Å². The molecule has 7 nitrogen and oxygen atoms in total. The average molecular weight is 284 g/mol. The molecule has 8 heteroatoms. The number of aromatic nitrogens is 4. The Morgan fingerprint density at radius 1 is 1.68 bits per heavy atom. The summed E-state index contributed by atoms with van der Waals surface area (Å²) < 4.78 is 1.65. The number of aryl methyl sites for hydroxylation is 1. The number of carbonyl (C=O) groups is 1. The maximum absolute atomic E-state index is 11.8. The van der Waals surface area contributed by atoms with Crippen molar-refractivity contribution in [2.45, 2.75) is 48.6 Å². The van der Waals surface area contributed by atoms with Crippen LogP contribution in [0.3, 0.4) is 0 Å². The molecule has 19 heavy (non-hydrogen) atoms. The minimum Gasteiger partial charge on any atom is -0.368 e. The molecule has 1 aromatic rings. The quantitative estimate of drug-likeness (QED) is 0.794. The molecule has 0 saturated heterocycles. The fourth-order valence-corrected chi connectivity index (χ4v) is 3.83. The molecule has 1 amide bonds. The van der Waals surface area contributed by atoms with Crippen LogP contribution in [-0.2, 0) is 11.8 Å². The average Bonchev–Trinajstić information content (AvgIpc) is 2.76. The lowest BCUT2D eigenvalue weighted by molar-refractivity contribution is -0.125. The van der Waals surface area contributed by atoms with Gasteiger partial charge in [0.15, 0.2) is 0 Å². The number of hydrogen-bond acceptors (Lipinski definition) is 6. The molecular weight excluding hydrogens is 264 g/mol. The number of likely N-dealkylation sites (N-methyl/N-ethyl adjacent to an activating group) is 1. The third-order valence-electron chi connectivity index (χ3n) is 3.55. The Bertz CT molecular complexity index is 446. The summed E-state index contributed by atoms with van der Waals surface area (Å²) in [5.41, 5.74) is 5.02. The van der Waals surface area contributed by atoms with E-state index in [2.05, 4.69) is 20.8 Å². The highest BCUT2D eigenvalue weighted by atomic mass is 32.2. The van der Waals surface area contributed by atoms with E-state index in [1.807, 2.05) is 14.0 Å². The molecule has 1 saturated carbocycles. The van der Waals surface area contributed by atoms with Crippen molar-refractivity contribution in [1.29, 1.82) is 0 Å². The van der Waals surface area contributed by atoms with Crippen LogP contribution in [0.2, 0.25) is 0 Å². The summed E-state index contributed by atoms with van der Waals surface area (Å²) in [4.78, 5) is 11.8. The molecule has 1 aromatic heterocycles. The molecule has 2 rings (SSSR count). The fraction of sp³-hybridized carbons (Fsp3) is 0.818. The predicted molar refractivity (Wildman–Crippen MR) is 72.5 cm³/mol. The summed E-state index contributed by atoms with van der Waals surface area (Å²) in [5, 5.41) is 15.8. The molecule has 0 radical (unpaired) electrons. The van der Waals surface area contributed by atoms with Crippen molar-refractivity contribution in [3.05, 3.63) is 0 Å². The van der Waals surface area contributed by atoms with Gasteiger partial charge in [-0.1, -0.05) is 18.7 Å². The first-order valence-electron chi connectivity index (χ1n) is 6.51. The molecule has 106 valence electrons. The van der Waals surface area contributed by atoms with Crippen molar-refractivity contribution in [2.75, 3.05) is 6.54 Å². The molecule has 1 aliphatic rings. The van der Waals surface area contributed by atoms with E-state index in [0.29, 0.717) is 5.25 Å². The largest absolute Gasteiger partial charge is 0.368 e. The van der Waals surface area contributed by atoms with E-state index in [4.69, 9.17) is 5.73 Å². The number of carbonyl (C=O) groups excluding carboxylic acids is 1. The molecule has 0 aromatic carbocycles. The van der Waals surface area contributed by atoms with Crippen LogP contribution in [0.5, 0.6) is 0 Å². The van der Waals surface area contributed by atoms with E-state index in [-0.39, 0.29) is 5.91 Å². The second-order valence-electron chi connectivity index (χ2n) is 4.90. The SMILES string of the molecule is CCNC1(C(N)=O)CCCC(Sc2nnnn2C)C1. The Labute approximate surface area is 116 Å². The Kier molecular flexibility index (Phi) is 4.41. The molecule has 0 bridgehead atoms. The van der Waals surface area contributed by atoms with E-state index in [1.165, 1.54) is 0 Å². The first-order valence-corrected chi connectivity index (χ1v) is 7.39. The van der Waals surface area contributed by atoms with Crippen molar-refractivity contribution >= 4 is 17.7 Å². The van der Waals surface area contributed by atoms with E-state index < -0.39 is 5.54 Å². The summed E-state index contributed by atoms with van der Waals surface area (Å²) in [6, 6.07) is 0. The number of rotatable bonds is 5. The van der Waals surface area contributed by atoms with Crippen LogP contribution in [0, 0.1) is 0 Å². The zero-order valence-corrected chi connectivity index (χ0v) is 12.1. The third-order valence-corrected chi connectivity index (χ3v) is 4.84. The number of hydrogen-bond donors (Lipinski definition) is 2. The van der Waals surface area contributed by atoms with Gasteiger partial charge in [-0.25, -0.2) is 4.68 Å². The topological polar surface area (TPSA) is 98.7 Å². The van der Waals surface area contributed by atoms with Crippen molar-refractivity contribution in [3.63, 3.8) is 0 Å². The summed E-state index contributed by atoms with van der Waals surface area (Å²) >= 11 is 1.62. The van der Waals surface area contributed by atoms with Gasteiger partial charge in [-0.3, -0.25) is 4.79 Å². The Balaban J connectivity index is 2.07. The Hall–Kier alpha value is -1.15. The molecular formula is C11H20N6OS. The first-order chi connectivity index (χ1) is 9.07. The summed E-state index contributed by atoms with van der Waals surface area (Å²) in [7, 11) is 1.82. The van der Waals surface area contributed by atoms with E-state index >= 15 is 0 Å². The number of thioether (sulfide) groups is 1. The molecule has 1 aliphatic carbocycles. The van der Waals surface area contributed by atoms with Crippen LogP contribution in [0.1, 0.15) is 32.6 Å². The van der Waals surface area contributed by atoms with Crippen molar-refractivity contribution < 1.29 is 4.79 Å². The molecule has 3 N–H and O–H groups in total. The standard InChI is InChI=1S/C11H20N6OS/c1-3-13-11(9(12)18)6-4-5-8(7-11)19-10-14-15-16-17(10)2/h8,13H,3-7H2,1-2H3,(H2,12,18). The molecule has 0 aliphatic heterocycles. The molecule has 1 fully saturated rings. The summed E-state index contributed by atoms with van der Waals surface area (Å²) in [6.45, 7) is 2.74. The zero-order chi connectivity index (χ0) is 13.9. The van der Waals surface area contributed by atoms with Gasteiger partial charge >= 0.3 is 0 Å². The van der Waals surface area contributed by atoms with Crippen molar-refractivity contribution in [3.8, 4) is 0 Å². The van der Waals surface area contributed by atoms with Gasteiger partial charge in [-0.05, 0) is 42.7 Å². The molecule has 1 heterocycles. The summed E-state index contributed by atoms with van der Waals surface area (Å²) in [5.74, 6) is -0.254. The number of nitrogens with zero attached hydrogens (tertiary/aromatic N) is 4.